The molecule has 0 spiro atoms. The van der Waals surface area contributed by atoms with E-state index in [2.05, 4.69) is 15.4 Å². The van der Waals surface area contributed by atoms with Gasteiger partial charge in [0.15, 0.2) is 0 Å². The van der Waals surface area contributed by atoms with Crippen LogP contribution in [0.15, 0.2) is 11.0 Å². The minimum Gasteiger partial charge on any atom is -0.349 e. The van der Waals surface area contributed by atoms with Crippen molar-refractivity contribution in [2.75, 3.05) is 18.0 Å². The molecule has 0 saturated heterocycles. The average molecular weight is 323 g/mol. The molecule has 120 valence electrons. The molecule has 1 amide bonds. The molecule has 0 saturated carbocycles. The number of nitrogens with zero attached hydrogens (tertiary/aromatic N) is 4. The number of nitrogens with one attached hydrogen (secondary N) is 1. The maximum absolute atomic E-state index is 12.4. The molecule has 0 fully saturated rings. The lowest BCUT2D eigenvalue weighted by molar-refractivity contribution is 0.0937. The predicted octanol–water partition coefficient (Wildman–Crippen LogP) is 1.53. The molecular weight excluding hydrogens is 302 g/mol. The van der Waals surface area contributed by atoms with E-state index >= 15 is 0 Å². The zero-order valence-corrected chi connectivity index (χ0v) is 14.1. The average Bonchev–Trinajstić information content (AvgIpc) is 2.93. The highest BCUT2D eigenvalue weighted by molar-refractivity contribution is 7.20. The zero-order chi connectivity index (χ0) is 16.3. The van der Waals surface area contributed by atoms with Crippen LogP contribution < -0.4 is 15.8 Å². The van der Waals surface area contributed by atoms with Crippen LogP contribution in [0.3, 0.4) is 0 Å². The molecule has 2 heterocycles. The van der Waals surface area contributed by atoms with Crippen molar-refractivity contribution in [3.63, 3.8) is 0 Å². The van der Waals surface area contributed by atoms with E-state index in [0.717, 1.165) is 24.6 Å². The molecule has 0 aliphatic rings. The molecule has 0 aliphatic carbocycles. The third kappa shape index (κ3) is 3.11. The summed E-state index contributed by atoms with van der Waals surface area (Å²) in [4.78, 5) is 31.3. The SMILES string of the molecule is CC[C@H](C)NC(=O)c1cnc2sc(N(CC)CC)nn2c1=O. The van der Waals surface area contributed by atoms with Crippen LogP contribution in [0.5, 0.6) is 0 Å². The molecule has 0 aromatic carbocycles. The maximum atomic E-state index is 12.4. The summed E-state index contributed by atoms with van der Waals surface area (Å²) in [5, 5.41) is 7.81. The van der Waals surface area contributed by atoms with Gasteiger partial charge >= 0.3 is 0 Å². The number of hydrogen-bond acceptors (Lipinski definition) is 6. The zero-order valence-electron chi connectivity index (χ0n) is 13.3. The smallest absolute Gasteiger partial charge is 0.288 e. The van der Waals surface area contributed by atoms with Crippen LogP contribution in [-0.4, -0.2) is 39.6 Å². The summed E-state index contributed by atoms with van der Waals surface area (Å²) in [5.74, 6) is -0.404. The number of rotatable bonds is 6. The fourth-order valence-electron chi connectivity index (χ4n) is 1.96. The molecule has 1 atom stereocenters. The van der Waals surface area contributed by atoms with Gasteiger partial charge in [-0.3, -0.25) is 9.59 Å². The van der Waals surface area contributed by atoms with Gasteiger partial charge < -0.3 is 10.2 Å². The van der Waals surface area contributed by atoms with Crippen molar-refractivity contribution in [1.82, 2.24) is 19.9 Å². The number of fused-ring (bicyclic) bond motifs is 1. The maximum Gasteiger partial charge on any atom is 0.288 e. The Bertz CT molecular complexity index is 720. The highest BCUT2D eigenvalue weighted by atomic mass is 32.1. The molecule has 2 aromatic heterocycles. The number of aromatic nitrogens is 3. The van der Waals surface area contributed by atoms with Crippen molar-refractivity contribution in [2.45, 2.75) is 40.2 Å². The van der Waals surface area contributed by atoms with Crippen LogP contribution in [0.25, 0.3) is 4.96 Å². The van der Waals surface area contributed by atoms with Gasteiger partial charge in [-0.05, 0) is 27.2 Å². The topological polar surface area (TPSA) is 79.6 Å². The van der Waals surface area contributed by atoms with E-state index in [9.17, 15) is 9.59 Å². The van der Waals surface area contributed by atoms with Crippen LogP contribution in [0.2, 0.25) is 0 Å². The summed E-state index contributed by atoms with van der Waals surface area (Å²) in [7, 11) is 0. The molecule has 2 rings (SSSR count). The van der Waals surface area contributed by atoms with E-state index < -0.39 is 11.5 Å². The molecule has 1 N–H and O–H groups in total. The summed E-state index contributed by atoms with van der Waals surface area (Å²) in [6, 6.07) is 0.00858. The van der Waals surface area contributed by atoms with Crippen molar-refractivity contribution in [3.8, 4) is 0 Å². The van der Waals surface area contributed by atoms with Gasteiger partial charge in [-0.15, -0.1) is 5.10 Å². The monoisotopic (exact) mass is 323 g/mol. The lowest BCUT2D eigenvalue weighted by Crippen LogP contribution is -2.36. The highest BCUT2D eigenvalue weighted by Gasteiger charge is 2.18. The van der Waals surface area contributed by atoms with E-state index in [-0.39, 0.29) is 11.6 Å². The third-order valence-corrected chi connectivity index (χ3v) is 4.53. The van der Waals surface area contributed by atoms with Crippen molar-refractivity contribution in [1.29, 1.82) is 0 Å². The molecule has 0 unspecified atom stereocenters. The Hall–Kier alpha value is -1.96. The van der Waals surface area contributed by atoms with Gasteiger partial charge in [0.05, 0.1) is 0 Å². The van der Waals surface area contributed by atoms with Crippen LogP contribution >= 0.6 is 11.3 Å². The van der Waals surface area contributed by atoms with E-state index in [0.29, 0.717) is 4.96 Å². The van der Waals surface area contributed by atoms with Gasteiger partial charge in [0.1, 0.15) is 5.56 Å². The summed E-state index contributed by atoms with van der Waals surface area (Å²) < 4.78 is 1.21. The number of anilines is 1. The first-order chi connectivity index (χ1) is 10.5. The van der Waals surface area contributed by atoms with Crippen LogP contribution in [0.1, 0.15) is 44.5 Å². The standard InChI is InChI=1S/C14H21N5O2S/c1-5-9(4)16-11(20)10-8-15-13-19(12(10)21)17-14(22-13)18(6-2)7-3/h8-9H,5-7H2,1-4H3,(H,16,20)/t9-/m0/s1. The lowest BCUT2D eigenvalue weighted by atomic mass is 10.2. The normalized spacial score (nSPS) is 12.4. The van der Waals surface area contributed by atoms with Crippen LogP contribution in [0.4, 0.5) is 5.13 Å². The van der Waals surface area contributed by atoms with E-state index in [1.165, 1.54) is 22.0 Å². The third-order valence-electron chi connectivity index (χ3n) is 3.54. The van der Waals surface area contributed by atoms with Gasteiger partial charge in [-0.25, -0.2) is 4.98 Å². The van der Waals surface area contributed by atoms with Crippen molar-refractivity contribution in [3.05, 3.63) is 22.1 Å². The minimum absolute atomic E-state index is 0.00858. The second kappa shape index (κ2) is 6.87. The van der Waals surface area contributed by atoms with Gasteiger partial charge in [0.25, 0.3) is 11.5 Å². The number of amides is 1. The molecule has 0 radical (unpaired) electrons. The lowest BCUT2D eigenvalue weighted by Gasteiger charge is -2.15. The molecule has 2 aromatic rings. The second-order valence-corrected chi connectivity index (χ2v) is 5.95. The number of carbonyl (C=O) groups excluding carboxylic acids is 1. The first-order valence-electron chi connectivity index (χ1n) is 7.46. The molecular formula is C14H21N5O2S. The van der Waals surface area contributed by atoms with Gasteiger partial charge in [0.2, 0.25) is 10.1 Å². The molecule has 7 nitrogen and oxygen atoms in total. The second-order valence-electron chi connectivity index (χ2n) is 5.01. The van der Waals surface area contributed by atoms with Gasteiger partial charge in [-0.2, -0.15) is 4.52 Å². The highest BCUT2D eigenvalue weighted by Crippen LogP contribution is 2.20. The van der Waals surface area contributed by atoms with Crippen LogP contribution in [-0.2, 0) is 0 Å². The predicted molar refractivity (Wildman–Crippen MR) is 87.9 cm³/mol. The minimum atomic E-state index is -0.430. The largest absolute Gasteiger partial charge is 0.349 e. The Morgan fingerprint density at radius 1 is 1.41 bits per heavy atom. The first-order valence-corrected chi connectivity index (χ1v) is 8.28. The van der Waals surface area contributed by atoms with Crippen molar-refractivity contribution in [2.24, 2.45) is 0 Å². The summed E-state index contributed by atoms with van der Waals surface area (Å²) in [5.41, 5.74) is -0.408. The summed E-state index contributed by atoms with van der Waals surface area (Å²) >= 11 is 1.34. The Morgan fingerprint density at radius 3 is 2.68 bits per heavy atom. The van der Waals surface area contributed by atoms with Gasteiger partial charge in [-0.1, -0.05) is 18.3 Å². The molecule has 0 aliphatic heterocycles. The Balaban J connectivity index is 2.42. The van der Waals surface area contributed by atoms with Crippen molar-refractivity contribution >= 4 is 27.3 Å². The molecule has 22 heavy (non-hydrogen) atoms. The van der Waals surface area contributed by atoms with Gasteiger partial charge in [0, 0.05) is 25.3 Å². The number of hydrogen-bond donors (Lipinski definition) is 1. The van der Waals surface area contributed by atoms with E-state index in [1.807, 2.05) is 32.6 Å². The van der Waals surface area contributed by atoms with Crippen molar-refractivity contribution < 1.29 is 4.79 Å². The quantitative estimate of drug-likeness (QED) is 0.872. The van der Waals surface area contributed by atoms with Crippen LogP contribution in [0, 0.1) is 0 Å². The Kier molecular flexibility index (Phi) is 5.12. The summed E-state index contributed by atoms with van der Waals surface area (Å²) in [6.07, 6.45) is 2.13. The summed E-state index contributed by atoms with van der Waals surface area (Å²) in [6.45, 7) is 9.51. The molecule has 0 bridgehead atoms. The fraction of sp³-hybridized carbons (Fsp3) is 0.571. The van der Waals surface area contributed by atoms with E-state index in [1.54, 1.807) is 0 Å². The first kappa shape index (κ1) is 16.4. The number of carbonyl (C=O) groups is 1. The Morgan fingerprint density at radius 2 is 2.09 bits per heavy atom. The Labute approximate surface area is 133 Å². The fourth-order valence-corrected chi connectivity index (χ4v) is 2.95. The van der Waals surface area contributed by atoms with E-state index in [4.69, 9.17) is 0 Å². The molecule has 8 heteroatoms.